The molecule has 2 N–H and O–H groups in total. The van der Waals surface area contributed by atoms with E-state index in [1.807, 2.05) is 6.20 Å². The van der Waals surface area contributed by atoms with Gasteiger partial charge in [0.1, 0.15) is 0 Å². The van der Waals surface area contributed by atoms with Crippen LogP contribution in [0.1, 0.15) is 25.8 Å². The molecule has 2 heterocycles. The smallest absolute Gasteiger partial charge is 0.316 e. The third-order valence-electron chi connectivity index (χ3n) is 3.13. The lowest BCUT2D eigenvalue weighted by atomic mass is 9.93. The van der Waals surface area contributed by atoms with Gasteiger partial charge in [0.05, 0.1) is 0 Å². The molecule has 1 aromatic rings. The van der Waals surface area contributed by atoms with E-state index >= 15 is 0 Å². The maximum atomic E-state index is 11.4. The van der Waals surface area contributed by atoms with Gasteiger partial charge in [-0.2, -0.15) is 0 Å². The predicted octanol–water partition coefficient (Wildman–Crippen LogP) is 0.737. The summed E-state index contributed by atoms with van der Waals surface area (Å²) in [5.41, 5.74) is 0.00285. The number of nitrogens with zero attached hydrogens (tertiary/aromatic N) is 1. The van der Waals surface area contributed by atoms with Crippen molar-refractivity contribution in [1.29, 1.82) is 0 Å². The molecule has 2 unspecified atom stereocenters. The van der Waals surface area contributed by atoms with Crippen molar-refractivity contribution in [3.05, 3.63) is 22.9 Å². The first-order valence-corrected chi connectivity index (χ1v) is 5.25. The summed E-state index contributed by atoms with van der Waals surface area (Å²) >= 11 is 0. The highest BCUT2D eigenvalue weighted by Crippen LogP contribution is 2.22. The van der Waals surface area contributed by atoms with Crippen molar-refractivity contribution in [1.82, 2.24) is 14.9 Å². The topological polar surface area (TPSA) is 49.8 Å². The molecule has 1 aromatic heterocycles. The average Bonchev–Trinajstić information content (AvgIpc) is 2.65. The Kier molecular flexibility index (Phi) is 2.72. The van der Waals surface area contributed by atoms with Crippen LogP contribution < -0.4 is 11.0 Å². The molecule has 0 aliphatic carbocycles. The van der Waals surface area contributed by atoms with E-state index in [2.05, 4.69) is 17.2 Å². The molecule has 2 rings (SSSR count). The SMILES string of the molecule is CC(C1CCCNC1)n1cc[nH]c1=O. The Morgan fingerprint density at radius 2 is 2.50 bits per heavy atom. The van der Waals surface area contributed by atoms with Crippen molar-refractivity contribution in [3.63, 3.8) is 0 Å². The van der Waals surface area contributed by atoms with Crippen molar-refractivity contribution in [2.24, 2.45) is 5.92 Å². The van der Waals surface area contributed by atoms with Gasteiger partial charge in [-0.15, -0.1) is 0 Å². The number of rotatable bonds is 2. The van der Waals surface area contributed by atoms with Gasteiger partial charge >= 0.3 is 5.69 Å². The molecular weight excluding hydrogens is 178 g/mol. The molecular formula is C10H17N3O. The second kappa shape index (κ2) is 4.00. The molecule has 2 atom stereocenters. The average molecular weight is 195 g/mol. The van der Waals surface area contributed by atoms with Crippen molar-refractivity contribution in [2.45, 2.75) is 25.8 Å². The minimum Gasteiger partial charge on any atom is -0.316 e. The van der Waals surface area contributed by atoms with Crippen LogP contribution in [0.15, 0.2) is 17.2 Å². The summed E-state index contributed by atoms with van der Waals surface area (Å²) in [6.07, 6.45) is 5.97. The fraction of sp³-hybridized carbons (Fsp3) is 0.700. The summed E-state index contributed by atoms with van der Waals surface area (Å²) in [6, 6.07) is 0.293. The van der Waals surface area contributed by atoms with Crippen LogP contribution in [0.4, 0.5) is 0 Å². The molecule has 0 aromatic carbocycles. The molecule has 1 aliphatic heterocycles. The number of hydrogen-bond acceptors (Lipinski definition) is 2. The van der Waals surface area contributed by atoms with Crippen LogP contribution in [-0.2, 0) is 0 Å². The number of aromatic nitrogens is 2. The maximum Gasteiger partial charge on any atom is 0.325 e. The lowest BCUT2D eigenvalue weighted by molar-refractivity contribution is 0.276. The van der Waals surface area contributed by atoms with E-state index in [0.29, 0.717) is 12.0 Å². The Balaban J connectivity index is 2.11. The fourth-order valence-corrected chi connectivity index (χ4v) is 2.17. The number of H-pyrrole nitrogens is 1. The molecule has 1 fully saturated rings. The van der Waals surface area contributed by atoms with Gasteiger partial charge in [0, 0.05) is 18.4 Å². The molecule has 1 aliphatic rings. The number of nitrogens with one attached hydrogen (secondary N) is 2. The van der Waals surface area contributed by atoms with Crippen molar-refractivity contribution >= 4 is 0 Å². The second-order valence-corrected chi connectivity index (χ2v) is 4.02. The van der Waals surface area contributed by atoms with E-state index in [-0.39, 0.29) is 5.69 Å². The lowest BCUT2D eigenvalue weighted by Gasteiger charge is -2.28. The second-order valence-electron chi connectivity index (χ2n) is 4.02. The van der Waals surface area contributed by atoms with E-state index in [4.69, 9.17) is 0 Å². The molecule has 0 bridgehead atoms. The predicted molar refractivity (Wildman–Crippen MR) is 55.4 cm³/mol. The highest BCUT2D eigenvalue weighted by Gasteiger charge is 2.21. The Morgan fingerprint density at radius 1 is 1.64 bits per heavy atom. The van der Waals surface area contributed by atoms with Crippen molar-refractivity contribution in [2.75, 3.05) is 13.1 Å². The molecule has 0 saturated carbocycles. The zero-order chi connectivity index (χ0) is 9.97. The normalized spacial score (nSPS) is 24.8. The van der Waals surface area contributed by atoms with Gasteiger partial charge < -0.3 is 10.3 Å². The van der Waals surface area contributed by atoms with Crippen LogP contribution in [0.25, 0.3) is 0 Å². The van der Waals surface area contributed by atoms with Crippen LogP contribution in [0, 0.1) is 5.92 Å². The summed E-state index contributed by atoms with van der Waals surface area (Å²) < 4.78 is 1.79. The molecule has 78 valence electrons. The molecule has 14 heavy (non-hydrogen) atoms. The number of hydrogen-bond donors (Lipinski definition) is 2. The minimum absolute atomic E-state index is 0.00285. The van der Waals surface area contributed by atoms with Crippen LogP contribution in [0.2, 0.25) is 0 Å². The van der Waals surface area contributed by atoms with Gasteiger partial charge in [-0.1, -0.05) is 0 Å². The van der Waals surface area contributed by atoms with Gasteiger partial charge in [-0.3, -0.25) is 4.57 Å². The van der Waals surface area contributed by atoms with Crippen LogP contribution in [0.3, 0.4) is 0 Å². The zero-order valence-electron chi connectivity index (χ0n) is 8.49. The first kappa shape index (κ1) is 9.52. The Bertz CT molecular complexity index is 335. The monoisotopic (exact) mass is 195 g/mol. The highest BCUT2D eigenvalue weighted by molar-refractivity contribution is 4.85. The van der Waals surface area contributed by atoms with Crippen molar-refractivity contribution in [3.8, 4) is 0 Å². The van der Waals surface area contributed by atoms with Crippen LogP contribution in [0.5, 0.6) is 0 Å². The lowest BCUT2D eigenvalue weighted by Crippen LogP contribution is -2.36. The Hall–Kier alpha value is -1.03. The molecule has 1 saturated heterocycles. The number of piperidine rings is 1. The summed E-state index contributed by atoms with van der Waals surface area (Å²) in [6.45, 7) is 4.26. The summed E-state index contributed by atoms with van der Waals surface area (Å²) in [7, 11) is 0. The number of imidazole rings is 1. The zero-order valence-corrected chi connectivity index (χ0v) is 8.49. The van der Waals surface area contributed by atoms with Crippen molar-refractivity contribution < 1.29 is 0 Å². The summed E-state index contributed by atoms with van der Waals surface area (Å²) in [4.78, 5) is 14.1. The molecule has 0 radical (unpaired) electrons. The fourth-order valence-electron chi connectivity index (χ4n) is 2.17. The molecule has 0 amide bonds. The van der Waals surface area contributed by atoms with Gasteiger partial charge in [0.2, 0.25) is 0 Å². The quantitative estimate of drug-likeness (QED) is 0.731. The largest absolute Gasteiger partial charge is 0.325 e. The Labute approximate surface area is 83.3 Å². The maximum absolute atomic E-state index is 11.4. The first-order chi connectivity index (χ1) is 6.79. The van der Waals surface area contributed by atoms with E-state index in [1.54, 1.807) is 10.8 Å². The minimum atomic E-state index is 0.00285. The van der Waals surface area contributed by atoms with E-state index in [1.165, 1.54) is 12.8 Å². The van der Waals surface area contributed by atoms with Gasteiger partial charge in [0.25, 0.3) is 0 Å². The van der Waals surface area contributed by atoms with Gasteiger partial charge in [0.15, 0.2) is 0 Å². The summed E-state index contributed by atoms with van der Waals surface area (Å²) in [5.74, 6) is 0.581. The Morgan fingerprint density at radius 3 is 3.07 bits per heavy atom. The molecule has 4 heteroatoms. The van der Waals surface area contributed by atoms with E-state index < -0.39 is 0 Å². The van der Waals surface area contributed by atoms with Gasteiger partial charge in [-0.05, 0) is 38.8 Å². The third-order valence-corrected chi connectivity index (χ3v) is 3.13. The number of aromatic amines is 1. The first-order valence-electron chi connectivity index (χ1n) is 5.25. The van der Waals surface area contributed by atoms with Crippen LogP contribution >= 0.6 is 0 Å². The van der Waals surface area contributed by atoms with E-state index in [9.17, 15) is 4.79 Å². The standard InChI is InChI=1S/C10H17N3O/c1-8(9-3-2-4-11-7-9)13-6-5-12-10(13)14/h5-6,8-9,11H,2-4,7H2,1H3,(H,12,14). The van der Waals surface area contributed by atoms with Gasteiger partial charge in [-0.25, -0.2) is 4.79 Å². The summed E-state index contributed by atoms with van der Waals surface area (Å²) in [5, 5.41) is 3.37. The molecule has 4 nitrogen and oxygen atoms in total. The third kappa shape index (κ3) is 1.75. The van der Waals surface area contributed by atoms with Crippen LogP contribution in [-0.4, -0.2) is 22.6 Å². The highest BCUT2D eigenvalue weighted by atomic mass is 16.1. The van der Waals surface area contributed by atoms with E-state index in [0.717, 1.165) is 13.1 Å². The molecule has 0 spiro atoms.